The van der Waals surface area contributed by atoms with Gasteiger partial charge in [-0.2, -0.15) is 0 Å². The Kier molecular flexibility index (Phi) is 12.7. The van der Waals surface area contributed by atoms with Crippen molar-refractivity contribution in [3.8, 4) is 0 Å². The number of aliphatic carboxylic acids is 2. The van der Waals surface area contributed by atoms with Gasteiger partial charge in [0, 0.05) is 29.2 Å². The zero-order valence-corrected chi connectivity index (χ0v) is 24.9. The summed E-state index contributed by atoms with van der Waals surface area (Å²) in [5, 5.41) is 23.7. The van der Waals surface area contributed by atoms with E-state index >= 15 is 0 Å². The first-order valence-corrected chi connectivity index (χ1v) is 12.3. The molecule has 4 rings (SSSR count). The van der Waals surface area contributed by atoms with Crippen molar-refractivity contribution < 1.29 is 54.2 Å². The van der Waals surface area contributed by atoms with Crippen LogP contribution in [-0.2, 0) is 16.0 Å². The van der Waals surface area contributed by atoms with Crippen molar-refractivity contribution in [2.24, 2.45) is 0 Å². The summed E-state index contributed by atoms with van der Waals surface area (Å²) >= 11 is 12.1. The Morgan fingerprint density at radius 2 is 1.38 bits per heavy atom. The number of hydrogen-bond donors (Lipinski definition) is 2. The fourth-order valence-electron chi connectivity index (χ4n) is 3.55. The molecule has 0 fully saturated rings. The summed E-state index contributed by atoms with van der Waals surface area (Å²) in [5.74, 6) is -2.76. The van der Waals surface area contributed by atoms with Crippen LogP contribution >= 0.6 is 23.2 Å². The first kappa shape index (κ1) is 32.1. The Balaban J connectivity index is 0.000000267. The van der Waals surface area contributed by atoms with E-state index < -0.39 is 17.9 Å². The zero-order valence-electron chi connectivity index (χ0n) is 21.4. The van der Waals surface area contributed by atoms with Gasteiger partial charge in [-0.3, -0.25) is 9.59 Å². The molecule has 39 heavy (non-hydrogen) atoms. The maximum Gasteiger partial charge on any atom is 1.00 e. The molecule has 0 aliphatic rings. The number of carbonyl (C=O) groups excluding carboxylic acids is 2. The predicted molar refractivity (Wildman–Crippen MR) is 147 cm³/mol. The fourth-order valence-corrected chi connectivity index (χ4v) is 4.04. The Labute approximate surface area is 258 Å². The normalized spacial score (nSPS) is 10.7. The molecule has 0 heterocycles. The first-order valence-electron chi connectivity index (χ1n) is 11.6. The van der Waals surface area contributed by atoms with Gasteiger partial charge < -0.3 is 20.3 Å². The van der Waals surface area contributed by atoms with Gasteiger partial charge in [0.2, 0.25) is 0 Å². The Morgan fingerprint density at radius 1 is 0.821 bits per heavy atom. The van der Waals surface area contributed by atoms with Crippen LogP contribution in [-0.4, -0.2) is 22.8 Å². The molecule has 194 valence electrons. The number of carbonyl (C=O) groups is 3. The largest absolute Gasteiger partial charge is 1.00 e. The summed E-state index contributed by atoms with van der Waals surface area (Å²) in [6, 6.07) is 27.9. The van der Waals surface area contributed by atoms with E-state index in [1.165, 1.54) is 0 Å². The van der Waals surface area contributed by atoms with E-state index in [9.17, 15) is 19.5 Å². The van der Waals surface area contributed by atoms with Gasteiger partial charge in [0.05, 0.1) is 21.7 Å². The number of carboxylic acids is 2. The zero-order chi connectivity index (χ0) is 27.7. The van der Waals surface area contributed by atoms with Crippen LogP contribution < -0.4 is 40.0 Å². The summed E-state index contributed by atoms with van der Waals surface area (Å²) in [6.45, 7) is 1.61. The number of para-hydroxylation sites is 2. The van der Waals surface area contributed by atoms with E-state index in [-0.39, 0.29) is 41.8 Å². The van der Waals surface area contributed by atoms with Crippen molar-refractivity contribution in [2.75, 3.05) is 5.32 Å². The number of anilines is 2. The van der Waals surface area contributed by atoms with E-state index in [0.717, 1.165) is 0 Å². The maximum atomic E-state index is 12.2. The van der Waals surface area contributed by atoms with Crippen LogP contribution in [0.1, 0.15) is 39.9 Å². The third kappa shape index (κ3) is 9.24. The standard InChI is InChI=1S/C16H14O3.C14H11Cl2NO2.Na/c1-11(16(18)19)13-8-5-9-14(10-13)15(17)12-6-3-2-4-7-12;15-10-5-3-6-11(16)14(10)17-12-7-2-1-4-9(12)8-13(18)19;/h2-11H,1H3,(H,18,19);1-7,17H,8H2,(H,18,19);/q;;+1/p-1. The average Bonchev–Trinajstić information content (AvgIpc) is 2.91. The quantitative estimate of drug-likeness (QED) is 0.248. The molecule has 9 heteroatoms. The van der Waals surface area contributed by atoms with Crippen molar-refractivity contribution in [3.05, 3.63) is 129 Å². The van der Waals surface area contributed by atoms with Gasteiger partial charge in [-0.25, -0.2) is 0 Å². The maximum absolute atomic E-state index is 12.2. The molecular weight excluding hydrogens is 548 g/mol. The second kappa shape index (κ2) is 15.5. The SMILES string of the molecule is CC(C(=O)O)c1cccc(C(=O)c2ccccc2)c1.O=C([O-])Cc1ccccc1Nc1c(Cl)cccc1Cl.[Na+]. The minimum atomic E-state index is -1.14. The Morgan fingerprint density at radius 3 is 2.00 bits per heavy atom. The van der Waals surface area contributed by atoms with Crippen molar-refractivity contribution >= 4 is 52.3 Å². The van der Waals surface area contributed by atoms with Crippen molar-refractivity contribution in [2.45, 2.75) is 19.3 Å². The molecule has 4 aromatic carbocycles. The molecule has 0 spiro atoms. The van der Waals surface area contributed by atoms with Gasteiger partial charge in [-0.1, -0.05) is 96.0 Å². The average molecular weight is 572 g/mol. The summed E-state index contributed by atoms with van der Waals surface area (Å²) in [4.78, 5) is 33.9. The van der Waals surface area contributed by atoms with Gasteiger partial charge in [-0.15, -0.1) is 0 Å². The second-order valence-electron chi connectivity index (χ2n) is 8.31. The molecular formula is C30H24Cl2NNaO5. The summed E-state index contributed by atoms with van der Waals surface area (Å²) in [5.41, 5.74) is 3.55. The summed E-state index contributed by atoms with van der Waals surface area (Å²) in [6.07, 6.45) is -0.175. The molecule has 6 nitrogen and oxygen atoms in total. The third-order valence-corrected chi connectivity index (χ3v) is 6.26. The van der Waals surface area contributed by atoms with Crippen molar-refractivity contribution in [3.63, 3.8) is 0 Å². The van der Waals surface area contributed by atoms with Crippen molar-refractivity contribution in [1.29, 1.82) is 0 Å². The van der Waals surface area contributed by atoms with E-state index in [0.29, 0.717) is 43.7 Å². The first-order chi connectivity index (χ1) is 18.2. The molecule has 0 saturated heterocycles. The molecule has 0 radical (unpaired) electrons. The van der Waals surface area contributed by atoms with E-state index in [2.05, 4.69) is 5.32 Å². The number of nitrogens with one attached hydrogen (secondary N) is 1. The monoisotopic (exact) mass is 571 g/mol. The number of ketones is 1. The molecule has 0 amide bonds. The number of hydrogen-bond acceptors (Lipinski definition) is 5. The van der Waals surface area contributed by atoms with E-state index in [4.69, 9.17) is 28.3 Å². The molecule has 1 unspecified atom stereocenters. The van der Waals surface area contributed by atoms with Crippen molar-refractivity contribution in [1.82, 2.24) is 0 Å². The molecule has 4 aromatic rings. The van der Waals surface area contributed by atoms with E-state index in [1.54, 1.807) is 97.9 Å². The Hall–Kier alpha value is -3.13. The van der Waals surface area contributed by atoms with Crippen LogP contribution in [0.4, 0.5) is 11.4 Å². The summed E-state index contributed by atoms with van der Waals surface area (Å²) in [7, 11) is 0. The number of benzene rings is 4. The molecule has 0 bridgehead atoms. The predicted octanol–water partition coefficient (Wildman–Crippen LogP) is 3.14. The van der Waals surface area contributed by atoms with Gasteiger partial charge >= 0.3 is 35.5 Å². The van der Waals surface area contributed by atoms with Crippen LogP contribution in [0, 0.1) is 0 Å². The van der Waals surface area contributed by atoms with Crippen LogP contribution in [0.3, 0.4) is 0 Å². The van der Waals surface area contributed by atoms with Gasteiger partial charge in [0.25, 0.3) is 0 Å². The van der Waals surface area contributed by atoms with E-state index in [1.807, 2.05) is 6.07 Å². The van der Waals surface area contributed by atoms with Crippen LogP contribution in [0.2, 0.25) is 10.0 Å². The number of rotatable bonds is 8. The molecule has 2 N–H and O–H groups in total. The molecule has 0 aliphatic carbocycles. The van der Waals surface area contributed by atoms with Crippen LogP contribution in [0.25, 0.3) is 0 Å². The molecule has 0 saturated carbocycles. The smallest absolute Gasteiger partial charge is 0.550 e. The third-order valence-electron chi connectivity index (χ3n) is 5.63. The van der Waals surface area contributed by atoms with Crippen LogP contribution in [0.5, 0.6) is 0 Å². The summed E-state index contributed by atoms with van der Waals surface area (Å²) < 4.78 is 0. The van der Waals surface area contributed by atoms with Gasteiger partial charge in [-0.05, 0) is 42.3 Å². The molecule has 0 aromatic heterocycles. The molecule has 0 aliphatic heterocycles. The fraction of sp³-hybridized carbons (Fsp3) is 0.100. The second-order valence-corrected chi connectivity index (χ2v) is 9.12. The topological polar surface area (TPSA) is 107 Å². The van der Waals surface area contributed by atoms with Gasteiger partial charge in [0.15, 0.2) is 5.78 Å². The number of halogens is 2. The molecule has 1 atom stereocenters. The van der Waals surface area contributed by atoms with Gasteiger partial charge in [0.1, 0.15) is 0 Å². The minimum absolute atomic E-state index is 0. The number of carboxylic acid groups (broad SMARTS) is 2. The van der Waals surface area contributed by atoms with Crippen LogP contribution in [0.15, 0.2) is 97.1 Å². The Bertz CT molecular complexity index is 1430. The minimum Gasteiger partial charge on any atom is -0.550 e.